The van der Waals surface area contributed by atoms with Gasteiger partial charge in [-0.25, -0.2) is 0 Å². The highest BCUT2D eigenvalue weighted by Gasteiger charge is 2.56. The molecule has 0 amide bonds. The molecule has 2 unspecified atom stereocenters. The largest absolute Gasteiger partial charge is 0.490 e. The molecule has 1 fully saturated rings. The summed E-state index contributed by atoms with van der Waals surface area (Å²) in [7, 11) is -2.18. The average molecular weight is 392 g/mol. The molecular weight excluding hydrogens is 355 g/mol. The summed E-state index contributed by atoms with van der Waals surface area (Å²) in [4.78, 5) is 0. The van der Waals surface area contributed by atoms with E-state index in [1.807, 2.05) is 0 Å². The molecule has 0 aromatic carbocycles. The molecule has 0 aromatic rings. The maximum atomic E-state index is 6.55. The molecule has 0 N–H and O–H groups in total. The normalized spacial score (nSPS) is 34.9. The van der Waals surface area contributed by atoms with E-state index < -0.39 is 19.5 Å². The fraction of sp³-hybridized carbons (Fsp3) is 0.810. The highest BCUT2D eigenvalue weighted by atomic mass is 28.4. The first kappa shape index (κ1) is 21.3. The summed E-state index contributed by atoms with van der Waals surface area (Å²) >= 11 is 0. The third-order valence-corrected chi connectivity index (χ3v) is 11.6. The standard InChI is InChI=1S/C21H37BO4Si/c1-17(2,3)27(9,10)23-15-21-12-11-20(8,24-21)13-16(14-21)22-25-18(4,5)19(6,7)26-22/h11-13H,14-15H2,1-10H3. The van der Waals surface area contributed by atoms with Gasteiger partial charge in [0.25, 0.3) is 0 Å². The van der Waals surface area contributed by atoms with E-state index in [1.165, 1.54) is 0 Å². The fourth-order valence-corrected chi connectivity index (χ4v) is 4.59. The summed E-state index contributed by atoms with van der Waals surface area (Å²) in [5.41, 5.74) is -0.373. The smallest absolute Gasteiger partial charge is 0.414 e. The van der Waals surface area contributed by atoms with Gasteiger partial charge in [0, 0.05) is 6.42 Å². The van der Waals surface area contributed by atoms with Gasteiger partial charge in [-0.05, 0) is 58.2 Å². The molecule has 2 atom stereocenters. The molecule has 3 rings (SSSR count). The highest BCUT2D eigenvalue weighted by molar-refractivity contribution is 6.74. The van der Waals surface area contributed by atoms with Gasteiger partial charge >= 0.3 is 7.12 Å². The quantitative estimate of drug-likeness (QED) is 0.495. The predicted octanol–water partition coefficient (Wildman–Crippen LogP) is 5.05. The molecule has 0 spiro atoms. The monoisotopic (exact) mass is 392 g/mol. The SMILES string of the molecule is CC12C=CC(CO[Si](C)(C)C(C)(C)C)(CC(B3OC(C)(C)C(C)(C)O3)=C1)O2. The fourth-order valence-electron chi connectivity index (χ4n) is 3.55. The second-order valence-corrected chi connectivity index (χ2v) is 16.0. The van der Waals surface area contributed by atoms with Crippen molar-refractivity contribution in [3.63, 3.8) is 0 Å². The Balaban J connectivity index is 1.79. The number of ether oxygens (including phenoxy) is 1. The van der Waals surface area contributed by atoms with E-state index in [2.05, 4.69) is 86.7 Å². The van der Waals surface area contributed by atoms with Crippen LogP contribution in [0, 0.1) is 0 Å². The van der Waals surface area contributed by atoms with Crippen LogP contribution >= 0.6 is 0 Å². The summed E-state index contributed by atoms with van der Waals surface area (Å²) in [6.45, 7) is 22.4. The zero-order valence-electron chi connectivity index (χ0n) is 18.9. The van der Waals surface area contributed by atoms with Crippen LogP contribution in [0.15, 0.2) is 23.7 Å². The van der Waals surface area contributed by atoms with Crippen molar-refractivity contribution >= 4 is 15.4 Å². The van der Waals surface area contributed by atoms with Gasteiger partial charge in [0.2, 0.25) is 0 Å². The lowest BCUT2D eigenvalue weighted by Gasteiger charge is -2.42. The van der Waals surface area contributed by atoms with Gasteiger partial charge < -0.3 is 18.5 Å². The molecule has 2 bridgehead atoms. The van der Waals surface area contributed by atoms with Crippen LogP contribution in [-0.4, -0.2) is 44.4 Å². The van der Waals surface area contributed by atoms with Crippen molar-refractivity contribution in [3.05, 3.63) is 23.7 Å². The van der Waals surface area contributed by atoms with Crippen LogP contribution in [0.5, 0.6) is 0 Å². The second-order valence-electron chi connectivity index (χ2n) is 11.2. The number of fused-ring (bicyclic) bond motifs is 2. The Hall–Kier alpha value is -0.398. The summed E-state index contributed by atoms with van der Waals surface area (Å²) in [5, 5.41) is 0.175. The van der Waals surface area contributed by atoms with Gasteiger partial charge in [0.05, 0.1) is 17.8 Å². The average Bonchev–Trinajstić information content (AvgIpc) is 2.85. The molecule has 27 heavy (non-hydrogen) atoms. The van der Waals surface area contributed by atoms with Crippen LogP contribution in [0.2, 0.25) is 18.1 Å². The van der Waals surface area contributed by atoms with Crippen molar-refractivity contribution in [2.45, 2.75) is 102 Å². The molecule has 0 aromatic heterocycles. The van der Waals surface area contributed by atoms with Crippen LogP contribution in [0.1, 0.15) is 61.8 Å². The van der Waals surface area contributed by atoms with E-state index in [-0.39, 0.29) is 23.4 Å². The van der Waals surface area contributed by atoms with Gasteiger partial charge in [-0.2, -0.15) is 0 Å². The summed E-state index contributed by atoms with van der Waals surface area (Å²) < 4.78 is 25.6. The number of rotatable bonds is 4. The van der Waals surface area contributed by atoms with E-state index in [4.69, 9.17) is 18.5 Å². The third-order valence-electron chi connectivity index (χ3n) is 7.16. The molecule has 3 heterocycles. The molecule has 4 nitrogen and oxygen atoms in total. The Morgan fingerprint density at radius 2 is 1.59 bits per heavy atom. The molecule has 1 saturated heterocycles. The van der Waals surface area contributed by atoms with Crippen LogP contribution in [0.3, 0.4) is 0 Å². The summed E-state index contributed by atoms with van der Waals surface area (Å²) in [5.74, 6) is 0. The van der Waals surface area contributed by atoms with Crippen molar-refractivity contribution in [2.24, 2.45) is 0 Å². The van der Waals surface area contributed by atoms with Gasteiger partial charge in [0.15, 0.2) is 8.32 Å². The molecule has 6 heteroatoms. The molecule has 0 aliphatic carbocycles. The molecule has 0 saturated carbocycles. The van der Waals surface area contributed by atoms with Gasteiger partial charge in [-0.1, -0.05) is 39.0 Å². The second kappa shape index (κ2) is 6.05. The van der Waals surface area contributed by atoms with Gasteiger partial charge in [0.1, 0.15) is 11.2 Å². The maximum absolute atomic E-state index is 6.55. The van der Waals surface area contributed by atoms with Crippen LogP contribution in [-0.2, 0) is 18.5 Å². The van der Waals surface area contributed by atoms with E-state index in [9.17, 15) is 0 Å². The van der Waals surface area contributed by atoms with Crippen molar-refractivity contribution < 1.29 is 18.5 Å². The molecule has 3 aliphatic rings. The zero-order valence-corrected chi connectivity index (χ0v) is 19.9. The maximum Gasteiger partial charge on any atom is 0.490 e. The van der Waals surface area contributed by atoms with E-state index in [1.54, 1.807) is 0 Å². The van der Waals surface area contributed by atoms with Gasteiger partial charge in [-0.15, -0.1) is 0 Å². The molecule has 0 radical (unpaired) electrons. The first-order valence-electron chi connectivity index (χ1n) is 10.1. The first-order valence-corrected chi connectivity index (χ1v) is 13.0. The lowest BCUT2D eigenvalue weighted by molar-refractivity contribution is -0.0864. The van der Waals surface area contributed by atoms with E-state index in [0.29, 0.717) is 6.61 Å². The predicted molar refractivity (Wildman–Crippen MR) is 113 cm³/mol. The van der Waals surface area contributed by atoms with Crippen molar-refractivity contribution in [2.75, 3.05) is 6.61 Å². The molecular formula is C21H37BO4Si. The lowest BCUT2D eigenvalue weighted by atomic mass is 9.70. The highest BCUT2D eigenvalue weighted by Crippen LogP contribution is 2.47. The third kappa shape index (κ3) is 3.76. The Kier molecular flexibility index (Phi) is 4.78. The molecule has 152 valence electrons. The van der Waals surface area contributed by atoms with Crippen molar-refractivity contribution in [1.29, 1.82) is 0 Å². The van der Waals surface area contributed by atoms with E-state index in [0.717, 1.165) is 11.9 Å². The Bertz CT molecular complexity index is 660. The first-order chi connectivity index (χ1) is 12.0. The molecule has 3 aliphatic heterocycles. The van der Waals surface area contributed by atoms with Crippen LogP contribution < -0.4 is 0 Å². The van der Waals surface area contributed by atoms with Crippen molar-refractivity contribution in [3.8, 4) is 0 Å². The Morgan fingerprint density at radius 1 is 1.04 bits per heavy atom. The minimum Gasteiger partial charge on any atom is -0.414 e. The summed E-state index contributed by atoms with van der Waals surface area (Å²) in [6.07, 6.45) is 7.25. The summed E-state index contributed by atoms with van der Waals surface area (Å²) in [6, 6.07) is 0. The Morgan fingerprint density at radius 3 is 2.11 bits per heavy atom. The van der Waals surface area contributed by atoms with Crippen molar-refractivity contribution in [1.82, 2.24) is 0 Å². The zero-order chi connectivity index (χ0) is 20.5. The number of hydrogen-bond acceptors (Lipinski definition) is 4. The minimum atomic E-state index is -1.85. The number of hydrogen-bond donors (Lipinski definition) is 0. The van der Waals surface area contributed by atoms with Gasteiger partial charge in [-0.3, -0.25) is 0 Å². The lowest BCUT2D eigenvalue weighted by Crippen LogP contribution is -2.49. The van der Waals surface area contributed by atoms with E-state index >= 15 is 0 Å². The van der Waals surface area contributed by atoms with Crippen LogP contribution in [0.4, 0.5) is 0 Å². The van der Waals surface area contributed by atoms with Crippen LogP contribution in [0.25, 0.3) is 0 Å². The Labute approximate surface area is 166 Å². The minimum absolute atomic E-state index is 0.175. The topological polar surface area (TPSA) is 36.9 Å².